The lowest BCUT2D eigenvalue weighted by Crippen LogP contribution is -1.96. The third-order valence-electron chi connectivity index (χ3n) is 4.05. The van der Waals surface area contributed by atoms with Gasteiger partial charge in [-0.3, -0.25) is 0 Å². The number of carboxylic acid groups (broad SMARTS) is 1. The van der Waals surface area contributed by atoms with Crippen molar-refractivity contribution in [3.8, 4) is 11.5 Å². The van der Waals surface area contributed by atoms with E-state index in [9.17, 15) is 4.79 Å². The molecule has 0 unspecified atom stereocenters. The van der Waals surface area contributed by atoms with Crippen molar-refractivity contribution >= 4 is 5.97 Å². The van der Waals surface area contributed by atoms with E-state index in [0.717, 1.165) is 5.56 Å². The van der Waals surface area contributed by atoms with Gasteiger partial charge in [0.05, 0.1) is 0 Å². The minimum Gasteiger partial charge on any atom is -0.476 e. The zero-order valence-electron chi connectivity index (χ0n) is 11.0. The molecule has 20 heavy (non-hydrogen) atoms. The molecule has 0 bridgehead atoms. The number of aromatic nitrogens is 1. The van der Waals surface area contributed by atoms with Crippen LogP contribution in [-0.2, 0) is 0 Å². The standard InChI is InChI=1S/C16H15NO3/c18-16(19)14-8-20-15(17-14)13-6-11(9-1-2-9)5-12(7-13)10-3-4-10/h5-10H,1-4H2,(H,18,19). The highest BCUT2D eigenvalue weighted by Crippen LogP contribution is 2.46. The number of benzene rings is 1. The maximum atomic E-state index is 10.9. The quantitative estimate of drug-likeness (QED) is 0.917. The van der Waals surface area contributed by atoms with Crippen LogP contribution in [0.2, 0.25) is 0 Å². The number of hydrogen-bond donors (Lipinski definition) is 1. The molecular weight excluding hydrogens is 254 g/mol. The van der Waals surface area contributed by atoms with E-state index < -0.39 is 5.97 Å². The average molecular weight is 269 g/mol. The fourth-order valence-corrected chi connectivity index (χ4v) is 2.61. The lowest BCUT2D eigenvalue weighted by molar-refractivity contribution is 0.0690. The molecule has 4 heteroatoms. The Labute approximate surface area is 116 Å². The highest BCUT2D eigenvalue weighted by molar-refractivity contribution is 5.85. The van der Waals surface area contributed by atoms with Gasteiger partial charge in [-0.25, -0.2) is 9.78 Å². The van der Waals surface area contributed by atoms with Gasteiger partial charge in [0.25, 0.3) is 0 Å². The van der Waals surface area contributed by atoms with Crippen molar-refractivity contribution < 1.29 is 14.3 Å². The Balaban J connectivity index is 1.76. The van der Waals surface area contributed by atoms with E-state index in [1.165, 1.54) is 43.1 Å². The normalized spacial score (nSPS) is 18.2. The molecule has 0 spiro atoms. The Kier molecular flexibility index (Phi) is 2.46. The van der Waals surface area contributed by atoms with Gasteiger partial charge in [-0.15, -0.1) is 0 Å². The largest absolute Gasteiger partial charge is 0.476 e. The first kappa shape index (κ1) is 11.7. The number of oxazole rings is 1. The van der Waals surface area contributed by atoms with Crippen LogP contribution in [0.5, 0.6) is 0 Å². The zero-order chi connectivity index (χ0) is 13.7. The van der Waals surface area contributed by atoms with E-state index in [2.05, 4.69) is 23.2 Å². The van der Waals surface area contributed by atoms with E-state index in [0.29, 0.717) is 17.7 Å². The summed E-state index contributed by atoms with van der Waals surface area (Å²) in [6.45, 7) is 0. The molecule has 2 aromatic rings. The SMILES string of the molecule is O=C(O)c1coc(-c2cc(C3CC3)cc(C3CC3)c2)n1. The number of carbonyl (C=O) groups is 1. The number of hydrogen-bond acceptors (Lipinski definition) is 3. The highest BCUT2D eigenvalue weighted by atomic mass is 16.4. The molecule has 2 aliphatic carbocycles. The fraction of sp³-hybridized carbons (Fsp3) is 0.375. The summed E-state index contributed by atoms with van der Waals surface area (Å²) >= 11 is 0. The molecule has 1 heterocycles. The van der Waals surface area contributed by atoms with Crippen LogP contribution in [-0.4, -0.2) is 16.1 Å². The van der Waals surface area contributed by atoms with Gasteiger partial charge >= 0.3 is 5.97 Å². The second-order valence-electron chi connectivity index (χ2n) is 5.78. The Hall–Kier alpha value is -2.10. The van der Waals surface area contributed by atoms with E-state index >= 15 is 0 Å². The molecule has 1 aromatic heterocycles. The van der Waals surface area contributed by atoms with Crippen LogP contribution < -0.4 is 0 Å². The van der Waals surface area contributed by atoms with Crippen LogP contribution in [0.4, 0.5) is 0 Å². The third-order valence-corrected chi connectivity index (χ3v) is 4.05. The molecule has 4 nitrogen and oxygen atoms in total. The van der Waals surface area contributed by atoms with Crippen molar-refractivity contribution in [1.29, 1.82) is 0 Å². The zero-order valence-corrected chi connectivity index (χ0v) is 11.0. The minimum absolute atomic E-state index is 0.0372. The first-order valence-corrected chi connectivity index (χ1v) is 7.05. The summed E-state index contributed by atoms with van der Waals surface area (Å²) in [6.07, 6.45) is 6.20. The average Bonchev–Trinajstić information content (AvgIpc) is 3.34. The van der Waals surface area contributed by atoms with Crippen LogP contribution in [0.25, 0.3) is 11.5 Å². The number of aromatic carboxylic acids is 1. The molecule has 2 fully saturated rings. The first-order chi connectivity index (χ1) is 9.70. The van der Waals surface area contributed by atoms with Crippen molar-refractivity contribution in [2.24, 2.45) is 0 Å². The summed E-state index contributed by atoms with van der Waals surface area (Å²) in [4.78, 5) is 14.9. The third kappa shape index (κ3) is 2.11. The van der Waals surface area contributed by atoms with Crippen molar-refractivity contribution in [1.82, 2.24) is 4.98 Å². The maximum Gasteiger partial charge on any atom is 0.357 e. The molecule has 0 aliphatic heterocycles. The summed E-state index contributed by atoms with van der Waals surface area (Å²) in [6, 6.07) is 6.50. The smallest absolute Gasteiger partial charge is 0.357 e. The highest BCUT2D eigenvalue weighted by Gasteiger charge is 2.29. The Morgan fingerprint density at radius 2 is 1.70 bits per heavy atom. The molecule has 0 saturated heterocycles. The molecule has 0 atom stereocenters. The summed E-state index contributed by atoms with van der Waals surface area (Å²) in [5.41, 5.74) is 3.56. The van der Waals surface area contributed by atoms with Crippen LogP contribution in [0.3, 0.4) is 0 Å². The predicted molar refractivity (Wildman–Crippen MR) is 72.8 cm³/mol. The molecule has 102 valence electrons. The fourth-order valence-electron chi connectivity index (χ4n) is 2.61. The van der Waals surface area contributed by atoms with E-state index in [1.807, 2.05) is 0 Å². The van der Waals surface area contributed by atoms with Crippen LogP contribution >= 0.6 is 0 Å². The van der Waals surface area contributed by atoms with Crippen molar-refractivity contribution in [2.75, 3.05) is 0 Å². The summed E-state index contributed by atoms with van der Waals surface area (Å²) < 4.78 is 5.33. The Morgan fingerprint density at radius 3 is 2.15 bits per heavy atom. The second-order valence-corrected chi connectivity index (χ2v) is 5.78. The maximum absolute atomic E-state index is 10.9. The molecule has 0 amide bonds. The van der Waals surface area contributed by atoms with E-state index in [-0.39, 0.29) is 5.69 Å². The van der Waals surface area contributed by atoms with Crippen molar-refractivity contribution in [2.45, 2.75) is 37.5 Å². The lowest BCUT2D eigenvalue weighted by atomic mass is 10.00. The monoisotopic (exact) mass is 269 g/mol. The van der Waals surface area contributed by atoms with E-state index in [4.69, 9.17) is 9.52 Å². The molecule has 4 rings (SSSR count). The predicted octanol–water partition coefficient (Wildman–Crippen LogP) is 3.79. The Morgan fingerprint density at radius 1 is 1.10 bits per heavy atom. The second kappa shape index (κ2) is 4.20. The van der Waals surface area contributed by atoms with Gasteiger partial charge in [-0.05, 0) is 60.8 Å². The summed E-state index contributed by atoms with van der Waals surface area (Å²) in [7, 11) is 0. The molecular formula is C16H15NO3. The lowest BCUT2D eigenvalue weighted by Gasteiger charge is -2.06. The Bertz CT molecular complexity index is 651. The van der Waals surface area contributed by atoms with Gasteiger partial charge < -0.3 is 9.52 Å². The summed E-state index contributed by atoms with van der Waals surface area (Å²) in [5.74, 6) is 0.690. The first-order valence-electron chi connectivity index (χ1n) is 7.05. The topological polar surface area (TPSA) is 63.3 Å². The van der Waals surface area contributed by atoms with E-state index in [1.54, 1.807) is 0 Å². The van der Waals surface area contributed by atoms with Crippen molar-refractivity contribution in [3.63, 3.8) is 0 Å². The molecule has 2 saturated carbocycles. The van der Waals surface area contributed by atoms with Gasteiger partial charge in [0, 0.05) is 5.56 Å². The van der Waals surface area contributed by atoms with Crippen LogP contribution in [0.1, 0.15) is 59.1 Å². The van der Waals surface area contributed by atoms with Gasteiger partial charge in [-0.1, -0.05) is 6.07 Å². The van der Waals surface area contributed by atoms with Crippen LogP contribution in [0.15, 0.2) is 28.9 Å². The van der Waals surface area contributed by atoms with Gasteiger partial charge in [-0.2, -0.15) is 0 Å². The van der Waals surface area contributed by atoms with Gasteiger partial charge in [0.15, 0.2) is 5.69 Å². The number of carboxylic acids is 1. The number of nitrogens with zero attached hydrogens (tertiary/aromatic N) is 1. The van der Waals surface area contributed by atoms with Gasteiger partial charge in [0.1, 0.15) is 6.26 Å². The van der Waals surface area contributed by atoms with Crippen LogP contribution in [0, 0.1) is 0 Å². The molecule has 0 radical (unpaired) electrons. The molecule has 1 N–H and O–H groups in total. The molecule has 1 aromatic carbocycles. The number of rotatable bonds is 4. The van der Waals surface area contributed by atoms with Gasteiger partial charge in [0.2, 0.25) is 5.89 Å². The summed E-state index contributed by atoms with van der Waals surface area (Å²) in [5, 5.41) is 8.93. The van der Waals surface area contributed by atoms with Crippen molar-refractivity contribution in [3.05, 3.63) is 41.3 Å². The minimum atomic E-state index is -1.05. The molecule has 2 aliphatic rings.